The summed E-state index contributed by atoms with van der Waals surface area (Å²) in [4.78, 5) is 17.1. The molecular weight excluding hydrogens is 382 g/mol. The van der Waals surface area contributed by atoms with E-state index in [1.807, 2.05) is 11.6 Å². The van der Waals surface area contributed by atoms with Crippen LogP contribution in [0.2, 0.25) is 0 Å². The Morgan fingerprint density at radius 3 is 2.52 bits per heavy atom. The van der Waals surface area contributed by atoms with Crippen molar-refractivity contribution in [3.05, 3.63) is 24.3 Å². The van der Waals surface area contributed by atoms with Crippen molar-refractivity contribution in [2.45, 2.75) is 57.7 Å². The molecule has 1 fully saturated rings. The van der Waals surface area contributed by atoms with E-state index in [0.29, 0.717) is 11.8 Å². The van der Waals surface area contributed by atoms with Gasteiger partial charge >= 0.3 is 0 Å². The van der Waals surface area contributed by atoms with E-state index in [-0.39, 0.29) is 5.91 Å². The fraction of sp³-hybridized carbons (Fsp3) is 0.591. The zero-order chi connectivity index (χ0) is 20.8. The van der Waals surface area contributed by atoms with Crippen molar-refractivity contribution in [3.8, 4) is 11.4 Å². The number of carbonyl (C=O) groups excluding carboxylic acids is 1. The second kappa shape index (κ2) is 10.1. The Kier molecular flexibility index (Phi) is 7.58. The lowest BCUT2D eigenvalue weighted by Crippen LogP contribution is -2.44. The van der Waals surface area contributed by atoms with Crippen LogP contribution >= 0.6 is 11.8 Å². The Morgan fingerprint density at radius 2 is 1.86 bits per heavy atom. The van der Waals surface area contributed by atoms with Crippen molar-refractivity contribution >= 4 is 23.4 Å². The van der Waals surface area contributed by atoms with Crippen LogP contribution in [0.25, 0.3) is 11.4 Å². The third-order valence-corrected chi connectivity index (χ3v) is 6.84. The number of nitrogens with zero attached hydrogens (tertiary/aromatic N) is 5. The first kappa shape index (κ1) is 21.7. The van der Waals surface area contributed by atoms with Crippen LogP contribution in [0.1, 0.15) is 46.5 Å². The summed E-state index contributed by atoms with van der Waals surface area (Å²) in [6, 6.07) is 8.85. The van der Waals surface area contributed by atoms with Crippen LogP contribution in [0.3, 0.4) is 0 Å². The Hall–Kier alpha value is -2.02. The fourth-order valence-electron chi connectivity index (χ4n) is 4.06. The van der Waals surface area contributed by atoms with Gasteiger partial charge in [0.1, 0.15) is 0 Å². The van der Waals surface area contributed by atoms with Crippen LogP contribution in [0.4, 0.5) is 5.69 Å². The Balaban J connectivity index is 1.65. The van der Waals surface area contributed by atoms with E-state index in [1.54, 1.807) is 0 Å². The molecule has 0 saturated carbocycles. The number of rotatable bonds is 8. The van der Waals surface area contributed by atoms with Gasteiger partial charge in [0.05, 0.1) is 5.75 Å². The average Bonchev–Trinajstić information content (AvgIpc) is 3.13. The summed E-state index contributed by atoms with van der Waals surface area (Å²) >= 11 is 1.48. The summed E-state index contributed by atoms with van der Waals surface area (Å²) in [6.07, 6.45) is 4.51. The zero-order valence-electron chi connectivity index (χ0n) is 18.1. The maximum absolute atomic E-state index is 12.7. The van der Waals surface area contributed by atoms with E-state index >= 15 is 0 Å². The van der Waals surface area contributed by atoms with Gasteiger partial charge in [-0.25, -0.2) is 0 Å². The molecule has 0 aliphatic carbocycles. The lowest BCUT2D eigenvalue weighted by molar-refractivity contribution is -0.132. The van der Waals surface area contributed by atoms with Gasteiger partial charge in [0.15, 0.2) is 11.0 Å². The maximum atomic E-state index is 12.7. The van der Waals surface area contributed by atoms with Gasteiger partial charge in [-0.1, -0.05) is 18.7 Å². The Labute approximate surface area is 178 Å². The molecule has 1 unspecified atom stereocenters. The molecule has 158 valence electrons. The van der Waals surface area contributed by atoms with Crippen molar-refractivity contribution in [2.24, 2.45) is 7.05 Å². The number of carbonyl (C=O) groups is 1. The predicted octanol–water partition coefficient (Wildman–Crippen LogP) is 4.21. The summed E-state index contributed by atoms with van der Waals surface area (Å²) in [5, 5.41) is 9.49. The second-order valence-corrected chi connectivity index (χ2v) is 8.46. The molecule has 2 heterocycles. The molecule has 29 heavy (non-hydrogen) atoms. The number of benzene rings is 1. The van der Waals surface area contributed by atoms with Crippen LogP contribution < -0.4 is 4.90 Å². The van der Waals surface area contributed by atoms with E-state index in [4.69, 9.17) is 0 Å². The SMILES string of the molecule is CCC1CCCCN1C(=O)CSc1nnc(-c2ccc(N(CC)CC)cc2)n1C. The third-order valence-electron chi connectivity index (χ3n) is 5.83. The number of hydrogen-bond acceptors (Lipinski definition) is 5. The van der Waals surface area contributed by atoms with E-state index in [0.717, 1.165) is 55.4 Å². The van der Waals surface area contributed by atoms with E-state index < -0.39 is 0 Å². The minimum absolute atomic E-state index is 0.217. The average molecular weight is 416 g/mol. The number of piperidine rings is 1. The predicted molar refractivity (Wildman–Crippen MR) is 120 cm³/mol. The van der Waals surface area contributed by atoms with E-state index in [9.17, 15) is 4.79 Å². The number of hydrogen-bond donors (Lipinski definition) is 0. The molecule has 1 aliphatic heterocycles. The molecule has 7 heteroatoms. The second-order valence-electron chi connectivity index (χ2n) is 7.52. The quantitative estimate of drug-likeness (QED) is 0.605. The first-order valence-corrected chi connectivity index (χ1v) is 11.7. The summed E-state index contributed by atoms with van der Waals surface area (Å²) in [6.45, 7) is 9.37. The van der Waals surface area contributed by atoms with Crippen LogP contribution in [-0.2, 0) is 11.8 Å². The molecule has 1 aliphatic rings. The first-order chi connectivity index (χ1) is 14.1. The summed E-state index contributed by atoms with van der Waals surface area (Å²) in [7, 11) is 1.97. The lowest BCUT2D eigenvalue weighted by Gasteiger charge is -2.35. The third kappa shape index (κ3) is 4.94. The van der Waals surface area contributed by atoms with E-state index in [2.05, 4.69) is 65.0 Å². The number of thioether (sulfide) groups is 1. The van der Waals surface area contributed by atoms with Crippen LogP contribution in [0, 0.1) is 0 Å². The Bertz CT molecular complexity index is 800. The van der Waals surface area contributed by atoms with Gasteiger partial charge in [0.2, 0.25) is 5.91 Å². The van der Waals surface area contributed by atoms with Crippen molar-refractivity contribution in [2.75, 3.05) is 30.3 Å². The highest BCUT2D eigenvalue weighted by atomic mass is 32.2. The number of aromatic nitrogens is 3. The minimum atomic E-state index is 0.217. The summed E-state index contributed by atoms with van der Waals surface area (Å²) in [5.41, 5.74) is 2.25. The van der Waals surface area contributed by atoms with Gasteiger partial charge in [-0.3, -0.25) is 4.79 Å². The molecule has 3 rings (SSSR count). The highest BCUT2D eigenvalue weighted by molar-refractivity contribution is 7.99. The van der Waals surface area contributed by atoms with Gasteiger partial charge in [0, 0.05) is 44.0 Å². The Morgan fingerprint density at radius 1 is 1.14 bits per heavy atom. The molecule has 1 amide bonds. The molecule has 1 aromatic heterocycles. The van der Waals surface area contributed by atoms with E-state index in [1.165, 1.54) is 23.9 Å². The van der Waals surface area contributed by atoms with Crippen LogP contribution in [0.15, 0.2) is 29.4 Å². The molecular formula is C22H33N5OS. The molecule has 0 N–H and O–H groups in total. The normalized spacial score (nSPS) is 16.8. The molecule has 0 radical (unpaired) electrons. The lowest BCUT2D eigenvalue weighted by atomic mass is 10.0. The molecule has 0 spiro atoms. The monoisotopic (exact) mass is 415 g/mol. The van der Waals surface area contributed by atoms with Crippen LogP contribution in [-0.4, -0.2) is 57.0 Å². The minimum Gasteiger partial charge on any atom is -0.372 e. The van der Waals surface area contributed by atoms with Crippen molar-refractivity contribution < 1.29 is 4.79 Å². The molecule has 1 aromatic carbocycles. The maximum Gasteiger partial charge on any atom is 0.233 e. The van der Waals surface area contributed by atoms with Crippen molar-refractivity contribution in [3.63, 3.8) is 0 Å². The fourth-order valence-corrected chi connectivity index (χ4v) is 4.86. The largest absolute Gasteiger partial charge is 0.372 e. The summed E-state index contributed by atoms with van der Waals surface area (Å²) < 4.78 is 1.98. The molecule has 1 saturated heterocycles. The molecule has 1 atom stereocenters. The van der Waals surface area contributed by atoms with Gasteiger partial charge in [-0.15, -0.1) is 10.2 Å². The standard InChI is InChI=1S/C22H33N5OS/c1-5-18-10-8-9-15-27(18)20(28)16-29-22-24-23-21(25(22)4)17-11-13-19(14-12-17)26(6-2)7-3/h11-14,18H,5-10,15-16H2,1-4H3. The number of likely N-dealkylation sites (tertiary alicyclic amines) is 1. The van der Waals surface area contributed by atoms with Gasteiger partial charge in [-0.2, -0.15) is 0 Å². The molecule has 0 bridgehead atoms. The zero-order valence-corrected chi connectivity index (χ0v) is 18.9. The number of anilines is 1. The molecule has 6 nitrogen and oxygen atoms in total. The highest BCUT2D eigenvalue weighted by Crippen LogP contribution is 2.26. The van der Waals surface area contributed by atoms with Crippen molar-refractivity contribution in [1.29, 1.82) is 0 Å². The summed E-state index contributed by atoms with van der Waals surface area (Å²) in [5.74, 6) is 1.47. The first-order valence-electron chi connectivity index (χ1n) is 10.8. The van der Waals surface area contributed by atoms with Crippen molar-refractivity contribution in [1.82, 2.24) is 19.7 Å². The smallest absolute Gasteiger partial charge is 0.233 e. The molecule has 2 aromatic rings. The van der Waals surface area contributed by atoms with Gasteiger partial charge < -0.3 is 14.4 Å². The highest BCUT2D eigenvalue weighted by Gasteiger charge is 2.25. The number of amides is 1. The van der Waals surface area contributed by atoms with Gasteiger partial charge in [-0.05, 0) is 63.8 Å². The van der Waals surface area contributed by atoms with Crippen LogP contribution in [0.5, 0.6) is 0 Å². The van der Waals surface area contributed by atoms with Gasteiger partial charge in [0.25, 0.3) is 0 Å². The topological polar surface area (TPSA) is 54.3 Å².